The molecule has 2 aromatic rings. The zero-order valence-electron chi connectivity index (χ0n) is 22.4. The van der Waals surface area contributed by atoms with Gasteiger partial charge in [0.05, 0.1) is 5.56 Å². The maximum atomic E-state index is 14.1. The van der Waals surface area contributed by atoms with Crippen molar-refractivity contribution >= 4 is 11.8 Å². The first kappa shape index (κ1) is 28.7. The summed E-state index contributed by atoms with van der Waals surface area (Å²) in [5.74, 6) is 0.362. The smallest absolute Gasteiger partial charge is 0.349 e. The van der Waals surface area contributed by atoms with Gasteiger partial charge in [0.25, 0.3) is 0 Å². The monoisotopic (exact) mass is 516 g/mol. The van der Waals surface area contributed by atoms with Crippen LogP contribution >= 0.6 is 0 Å². The SMILES string of the molecule is CC(C)C1CCC(C(=O)N(Cc2ccccc2)C(C(=O)NC(C)(C)C)c2ccc(C(F)(F)F)cc2)CC1. The topological polar surface area (TPSA) is 49.4 Å². The summed E-state index contributed by atoms with van der Waals surface area (Å²) in [5, 5.41) is 2.95. The van der Waals surface area contributed by atoms with Crippen molar-refractivity contribution in [3.05, 3.63) is 71.3 Å². The van der Waals surface area contributed by atoms with Gasteiger partial charge in [0.2, 0.25) is 11.8 Å². The summed E-state index contributed by atoms with van der Waals surface area (Å²) < 4.78 is 39.8. The van der Waals surface area contributed by atoms with E-state index in [1.807, 2.05) is 51.1 Å². The molecule has 0 heterocycles. The van der Waals surface area contributed by atoms with Crippen molar-refractivity contribution in [3.63, 3.8) is 0 Å². The van der Waals surface area contributed by atoms with Crippen LogP contribution in [0.3, 0.4) is 0 Å². The molecule has 4 nitrogen and oxygen atoms in total. The van der Waals surface area contributed by atoms with Crippen LogP contribution in [0.25, 0.3) is 0 Å². The molecule has 1 aliphatic carbocycles. The minimum absolute atomic E-state index is 0.125. The Morgan fingerprint density at radius 1 is 0.919 bits per heavy atom. The van der Waals surface area contributed by atoms with Gasteiger partial charge in [0.1, 0.15) is 6.04 Å². The molecule has 202 valence electrons. The Morgan fingerprint density at radius 2 is 1.49 bits per heavy atom. The van der Waals surface area contributed by atoms with E-state index in [2.05, 4.69) is 19.2 Å². The summed E-state index contributed by atoms with van der Waals surface area (Å²) in [6, 6.07) is 12.9. The number of halogens is 3. The van der Waals surface area contributed by atoms with Gasteiger partial charge in [-0.05, 0) is 81.5 Å². The Bertz CT molecular complexity index is 1040. The second-order valence-corrected chi connectivity index (χ2v) is 11.6. The third-order valence-corrected chi connectivity index (χ3v) is 7.15. The van der Waals surface area contributed by atoms with Crippen LogP contribution in [0.1, 0.15) is 83.0 Å². The summed E-state index contributed by atoms with van der Waals surface area (Å²) in [5.41, 5.74) is -0.167. The first-order valence-electron chi connectivity index (χ1n) is 13.1. The van der Waals surface area contributed by atoms with Crippen molar-refractivity contribution in [2.24, 2.45) is 17.8 Å². The second-order valence-electron chi connectivity index (χ2n) is 11.6. The van der Waals surface area contributed by atoms with Crippen molar-refractivity contribution in [1.82, 2.24) is 10.2 Å². The second kappa shape index (κ2) is 11.7. The van der Waals surface area contributed by atoms with E-state index < -0.39 is 29.2 Å². The fourth-order valence-electron chi connectivity index (χ4n) is 5.11. The van der Waals surface area contributed by atoms with Gasteiger partial charge in [0, 0.05) is 18.0 Å². The van der Waals surface area contributed by atoms with Crippen LogP contribution in [0.4, 0.5) is 13.2 Å². The van der Waals surface area contributed by atoms with Gasteiger partial charge in [-0.25, -0.2) is 0 Å². The molecule has 37 heavy (non-hydrogen) atoms. The van der Waals surface area contributed by atoms with Crippen LogP contribution in [-0.4, -0.2) is 22.3 Å². The van der Waals surface area contributed by atoms with Crippen molar-refractivity contribution < 1.29 is 22.8 Å². The van der Waals surface area contributed by atoms with Gasteiger partial charge in [-0.15, -0.1) is 0 Å². The van der Waals surface area contributed by atoms with Crippen molar-refractivity contribution in [1.29, 1.82) is 0 Å². The number of hydrogen-bond donors (Lipinski definition) is 1. The molecule has 0 spiro atoms. The molecule has 1 saturated carbocycles. The van der Waals surface area contributed by atoms with Crippen LogP contribution in [0.5, 0.6) is 0 Å². The van der Waals surface area contributed by atoms with Gasteiger partial charge in [-0.3, -0.25) is 9.59 Å². The molecular weight excluding hydrogens is 477 g/mol. The minimum atomic E-state index is -4.49. The number of carbonyl (C=O) groups is 2. The molecule has 0 bridgehead atoms. The van der Waals surface area contributed by atoms with Crippen LogP contribution in [-0.2, 0) is 22.3 Å². The first-order valence-corrected chi connectivity index (χ1v) is 13.1. The summed E-state index contributed by atoms with van der Waals surface area (Å²) in [7, 11) is 0. The minimum Gasteiger partial charge on any atom is -0.349 e. The van der Waals surface area contributed by atoms with E-state index in [1.54, 1.807) is 4.90 Å². The average Bonchev–Trinajstić information content (AvgIpc) is 2.82. The maximum Gasteiger partial charge on any atom is 0.416 e. The molecule has 1 N–H and O–H groups in total. The van der Waals surface area contributed by atoms with Crippen molar-refractivity contribution in [3.8, 4) is 0 Å². The molecule has 1 fully saturated rings. The van der Waals surface area contributed by atoms with Gasteiger partial charge in [-0.2, -0.15) is 13.2 Å². The number of rotatable bonds is 7. The molecule has 1 atom stereocenters. The largest absolute Gasteiger partial charge is 0.416 e. The number of nitrogens with one attached hydrogen (secondary N) is 1. The van der Waals surface area contributed by atoms with E-state index in [4.69, 9.17) is 0 Å². The number of carbonyl (C=O) groups excluding carboxylic acids is 2. The summed E-state index contributed by atoms with van der Waals surface area (Å²) >= 11 is 0. The van der Waals surface area contributed by atoms with E-state index in [0.717, 1.165) is 43.4 Å². The molecule has 0 aromatic heterocycles. The number of nitrogens with zero attached hydrogens (tertiary/aromatic N) is 1. The third-order valence-electron chi connectivity index (χ3n) is 7.15. The number of amides is 2. The zero-order chi connectivity index (χ0) is 27.4. The van der Waals surface area contributed by atoms with E-state index in [0.29, 0.717) is 17.4 Å². The normalized spacial score (nSPS) is 19.4. The Morgan fingerprint density at radius 3 is 1.97 bits per heavy atom. The lowest BCUT2D eigenvalue weighted by Crippen LogP contribution is -2.50. The highest BCUT2D eigenvalue weighted by molar-refractivity contribution is 5.90. The number of alkyl halides is 3. The summed E-state index contributed by atoms with van der Waals surface area (Å²) in [4.78, 5) is 29.3. The van der Waals surface area contributed by atoms with Crippen LogP contribution < -0.4 is 5.32 Å². The Kier molecular flexibility index (Phi) is 9.09. The molecule has 2 amide bonds. The van der Waals surface area contributed by atoms with Gasteiger partial charge < -0.3 is 10.2 Å². The van der Waals surface area contributed by atoms with Crippen LogP contribution in [0.2, 0.25) is 0 Å². The molecule has 0 saturated heterocycles. The van der Waals surface area contributed by atoms with Crippen LogP contribution in [0, 0.1) is 17.8 Å². The fraction of sp³-hybridized carbons (Fsp3) is 0.533. The predicted molar refractivity (Wildman–Crippen MR) is 139 cm³/mol. The Labute approximate surface area is 218 Å². The highest BCUT2D eigenvalue weighted by Gasteiger charge is 2.38. The fourth-order valence-corrected chi connectivity index (χ4v) is 5.11. The molecular formula is C30H39F3N2O2. The lowest BCUT2D eigenvalue weighted by molar-refractivity contribution is -0.146. The molecule has 7 heteroatoms. The van der Waals surface area contributed by atoms with E-state index in [9.17, 15) is 22.8 Å². The maximum absolute atomic E-state index is 14.1. The summed E-state index contributed by atoms with van der Waals surface area (Å²) in [6.45, 7) is 10.1. The molecule has 2 aromatic carbocycles. The molecule has 0 aliphatic heterocycles. The van der Waals surface area contributed by atoms with Crippen molar-refractivity contribution in [2.45, 2.75) is 84.6 Å². The quantitative estimate of drug-likeness (QED) is 0.425. The molecule has 1 aliphatic rings. The zero-order valence-corrected chi connectivity index (χ0v) is 22.4. The van der Waals surface area contributed by atoms with E-state index >= 15 is 0 Å². The first-order chi connectivity index (χ1) is 17.3. The van der Waals surface area contributed by atoms with Crippen molar-refractivity contribution in [2.75, 3.05) is 0 Å². The Hall–Kier alpha value is -2.83. The average molecular weight is 517 g/mol. The van der Waals surface area contributed by atoms with Gasteiger partial charge in [0.15, 0.2) is 0 Å². The van der Waals surface area contributed by atoms with E-state index in [-0.39, 0.29) is 18.4 Å². The predicted octanol–water partition coefficient (Wildman–Crippen LogP) is 7.15. The standard InChI is InChI=1S/C30H39F3N2O2/c1-20(2)22-11-13-24(14-12-22)28(37)35(19-21-9-7-6-8-10-21)26(27(36)34-29(3,4)5)23-15-17-25(18-16-23)30(31,32)33/h6-10,15-18,20,22,24,26H,11-14,19H2,1-5H3,(H,34,36). The number of benzene rings is 2. The molecule has 3 rings (SSSR count). The van der Waals surface area contributed by atoms with Gasteiger partial charge in [-0.1, -0.05) is 56.3 Å². The van der Waals surface area contributed by atoms with E-state index in [1.165, 1.54) is 12.1 Å². The highest BCUT2D eigenvalue weighted by Crippen LogP contribution is 2.37. The third kappa shape index (κ3) is 7.83. The lowest BCUT2D eigenvalue weighted by atomic mass is 9.76. The highest BCUT2D eigenvalue weighted by atomic mass is 19.4. The molecule has 0 radical (unpaired) electrons. The number of hydrogen-bond acceptors (Lipinski definition) is 2. The van der Waals surface area contributed by atoms with Crippen LogP contribution in [0.15, 0.2) is 54.6 Å². The molecule has 1 unspecified atom stereocenters. The van der Waals surface area contributed by atoms with Gasteiger partial charge >= 0.3 is 6.18 Å². The Balaban J connectivity index is 2.02. The lowest BCUT2D eigenvalue weighted by Gasteiger charge is -2.38. The summed E-state index contributed by atoms with van der Waals surface area (Å²) in [6.07, 6.45) is -1.10.